The van der Waals surface area contributed by atoms with Crippen LogP contribution in [0.3, 0.4) is 0 Å². The Labute approximate surface area is 180 Å². The number of likely N-dealkylation sites (tertiary alicyclic amines) is 1. The summed E-state index contributed by atoms with van der Waals surface area (Å²) in [6, 6.07) is 2.27. The van der Waals surface area contributed by atoms with Gasteiger partial charge in [-0.3, -0.25) is 4.79 Å². The molecule has 2 saturated heterocycles. The summed E-state index contributed by atoms with van der Waals surface area (Å²) >= 11 is 1.79. The van der Waals surface area contributed by atoms with E-state index in [1.165, 1.54) is 11.3 Å². The molecule has 2 atom stereocenters. The summed E-state index contributed by atoms with van der Waals surface area (Å²) in [7, 11) is 0. The SMILES string of the molecule is O=C(C1CN(c2c3c(nc4ccnn24)CCNCC3)C1)N1CCCC1C1NC=CS1. The van der Waals surface area contributed by atoms with Crippen molar-refractivity contribution in [3.8, 4) is 0 Å². The van der Waals surface area contributed by atoms with Gasteiger partial charge in [0.2, 0.25) is 5.91 Å². The summed E-state index contributed by atoms with van der Waals surface area (Å²) in [5.41, 5.74) is 3.37. The molecule has 0 bridgehead atoms. The van der Waals surface area contributed by atoms with Crippen molar-refractivity contribution in [3.05, 3.63) is 35.1 Å². The molecule has 4 aliphatic heterocycles. The first-order chi connectivity index (χ1) is 14.8. The fourth-order valence-electron chi connectivity index (χ4n) is 5.26. The van der Waals surface area contributed by atoms with Crippen molar-refractivity contribution in [1.29, 1.82) is 0 Å². The molecule has 2 aromatic rings. The Kier molecular flexibility index (Phi) is 4.60. The number of aromatic nitrogens is 3. The Morgan fingerprint density at radius 2 is 2.13 bits per heavy atom. The number of carbonyl (C=O) groups excluding carboxylic acids is 1. The van der Waals surface area contributed by atoms with Gasteiger partial charge in [-0.15, -0.1) is 11.8 Å². The number of amides is 1. The first kappa shape index (κ1) is 18.5. The lowest BCUT2D eigenvalue weighted by Gasteiger charge is -2.43. The van der Waals surface area contributed by atoms with E-state index in [9.17, 15) is 4.79 Å². The highest BCUT2D eigenvalue weighted by Crippen LogP contribution is 2.35. The van der Waals surface area contributed by atoms with Gasteiger partial charge < -0.3 is 20.4 Å². The largest absolute Gasteiger partial charge is 0.377 e. The Morgan fingerprint density at radius 1 is 1.23 bits per heavy atom. The van der Waals surface area contributed by atoms with Crippen LogP contribution in [0.15, 0.2) is 23.9 Å². The van der Waals surface area contributed by atoms with Crippen molar-refractivity contribution < 1.29 is 4.79 Å². The van der Waals surface area contributed by atoms with Gasteiger partial charge >= 0.3 is 0 Å². The number of nitrogens with one attached hydrogen (secondary N) is 2. The summed E-state index contributed by atoms with van der Waals surface area (Å²) in [6.07, 6.45) is 7.91. The second kappa shape index (κ2) is 7.46. The third kappa shape index (κ3) is 2.98. The van der Waals surface area contributed by atoms with Gasteiger partial charge in [0.05, 0.1) is 29.2 Å². The van der Waals surface area contributed by atoms with Crippen molar-refractivity contribution in [2.24, 2.45) is 5.92 Å². The van der Waals surface area contributed by atoms with Crippen LogP contribution in [0, 0.1) is 5.92 Å². The Morgan fingerprint density at radius 3 is 3.00 bits per heavy atom. The van der Waals surface area contributed by atoms with Crippen molar-refractivity contribution in [1.82, 2.24) is 30.1 Å². The quantitative estimate of drug-likeness (QED) is 0.759. The molecular formula is C21H27N7OS. The van der Waals surface area contributed by atoms with E-state index in [0.29, 0.717) is 17.3 Å². The Balaban J connectivity index is 1.22. The van der Waals surface area contributed by atoms with Crippen molar-refractivity contribution in [2.75, 3.05) is 37.6 Å². The highest BCUT2D eigenvalue weighted by atomic mass is 32.2. The first-order valence-electron chi connectivity index (χ1n) is 11.0. The summed E-state index contributed by atoms with van der Waals surface area (Å²) in [5, 5.41) is 13.8. The lowest BCUT2D eigenvalue weighted by atomic mass is 9.96. The maximum absolute atomic E-state index is 13.3. The van der Waals surface area contributed by atoms with E-state index >= 15 is 0 Å². The van der Waals surface area contributed by atoms with Crippen LogP contribution in [-0.2, 0) is 17.6 Å². The predicted octanol–water partition coefficient (Wildman–Crippen LogP) is 0.978. The number of thioether (sulfide) groups is 1. The molecule has 2 fully saturated rings. The van der Waals surface area contributed by atoms with E-state index in [1.807, 2.05) is 23.0 Å². The number of hydrogen-bond donors (Lipinski definition) is 2. The van der Waals surface area contributed by atoms with Gasteiger partial charge in [0.15, 0.2) is 5.65 Å². The second-order valence-corrected chi connectivity index (χ2v) is 9.63. The van der Waals surface area contributed by atoms with E-state index in [0.717, 1.165) is 69.9 Å². The van der Waals surface area contributed by atoms with Crippen molar-refractivity contribution in [2.45, 2.75) is 37.1 Å². The van der Waals surface area contributed by atoms with Crippen LogP contribution in [-0.4, -0.2) is 69.5 Å². The molecule has 4 aliphatic rings. The number of rotatable bonds is 3. The Bertz CT molecular complexity index is 991. The smallest absolute Gasteiger partial charge is 0.229 e. The van der Waals surface area contributed by atoms with E-state index < -0.39 is 0 Å². The molecule has 2 aromatic heterocycles. The minimum absolute atomic E-state index is 0.0725. The van der Waals surface area contributed by atoms with Gasteiger partial charge in [0.25, 0.3) is 0 Å². The molecule has 0 aliphatic carbocycles. The highest BCUT2D eigenvalue weighted by molar-refractivity contribution is 8.03. The lowest BCUT2D eigenvalue weighted by Crippen LogP contribution is -2.57. The van der Waals surface area contributed by atoms with Gasteiger partial charge in [-0.05, 0) is 31.2 Å². The van der Waals surface area contributed by atoms with E-state index in [-0.39, 0.29) is 5.92 Å². The average Bonchev–Trinajstić information content (AvgIpc) is 3.45. The molecular weight excluding hydrogens is 398 g/mol. The van der Waals surface area contributed by atoms with E-state index in [4.69, 9.17) is 4.98 Å². The van der Waals surface area contributed by atoms with Gasteiger partial charge in [0, 0.05) is 50.4 Å². The standard InChI is InChI=1S/C21H27N7OS/c29-21(27-10-1-2-17(27)19-23-9-11-30-19)14-12-26(13-14)20-15-3-6-22-7-4-16(15)25-18-5-8-24-28(18)20/h5,8-9,11,14,17,19,22-23H,1-4,6-7,10,12-13H2. The normalized spacial score (nSPS) is 26.5. The zero-order valence-corrected chi connectivity index (χ0v) is 17.8. The molecule has 1 amide bonds. The number of carbonyl (C=O) groups is 1. The van der Waals surface area contributed by atoms with E-state index in [1.54, 1.807) is 11.8 Å². The third-order valence-electron chi connectivity index (χ3n) is 6.80. The highest BCUT2D eigenvalue weighted by Gasteiger charge is 2.43. The summed E-state index contributed by atoms with van der Waals surface area (Å²) in [5.74, 6) is 1.54. The molecule has 2 unspecified atom stereocenters. The maximum Gasteiger partial charge on any atom is 0.229 e. The number of hydrogen-bond acceptors (Lipinski definition) is 7. The van der Waals surface area contributed by atoms with Crippen LogP contribution in [0.25, 0.3) is 5.65 Å². The molecule has 8 nitrogen and oxygen atoms in total. The average molecular weight is 426 g/mol. The van der Waals surface area contributed by atoms with E-state index in [2.05, 4.69) is 30.9 Å². The van der Waals surface area contributed by atoms with Crippen LogP contribution in [0.1, 0.15) is 24.1 Å². The monoisotopic (exact) mass is 425 g/mol. The number of nitrogens with zero attached hydrogens (tertiary/aromatic N) is 5. The van der Waals surface area contributed by atoms with Crippen LogP contribution >= 0.6 is 11.8 Å². The van der Waals surface area contributed by atoms with Crippen LogP contribution in [0.4, 0.5) is 5.82 Å². The summed E-state index contributed by atoms with van der Waals surface area (Å²) in [6.45, 7) is 4.34. The second-order valence-electron chi connectivity index (χ2n) is 8.58. The minimum Gasteiger partial charge on any atom is -0.377 e. The van der Waals surface area contributed by atoms with Crippen molar-refractivity contribution >= 4 is 29.1 Å². The molecule has 0 radical (unpaired) electrons. The lowest BCUT2D eigenvalue weighted by molar-refractivity contribution is -0.137. The molecule has 0 saturated carbocycles. The topological polar surface area (TPSA) is 77.8 Å². The maximum atomic E-state index is 13.3. The first-order valence-corrected chi connectivity index (χ1v) is 11.9. The Hall–Kier alpha value is -2.26. The summed E-state index contributed by atoms with van der Waals surface area (Å²) in [4.78, 5) is 22.7. The van der Waals surface area contributed by atoms with Crippen LogP contribution in [0.5, 0.6) is 0 Å². The molecule has 9 heteroatoms. The van der Waals surface area contributed by atoms with Gasteiger partial charge in [0.1, 0.15) is 5.82 Å². The molecule has 6 rings (SSSR count). The van der Waals surface area contributed by atoms with Gasteiger partial charge in [-0.25, -0.2) is 4.98 Å². The number of anilines is 1. The van der Waals surface area contributed by atoms with Crippen LogP contribution in [0.2, 0.25) is 0 Å². The van der Waals surface area contributed by atoms with Crippen molar-refractivity contribution in [3.63, 3.8) is 0 Å². The molecule has 0 spiro atoms. The van der Waals surface area contributed by atoms with Gasteiger partial charge in [-0.1, -0.05) is 0 Å². The molecule has 0 aromatic carbocycles. The van der Waals surface area contributed by atoms with Crippen LogP contribution < -0.4 is 15.5 Å². The molecule has 6 heterocycles. The van der Waals surface area contributed by atoms with Gasteiger partial charge in [-0.2, -0.15) is 9.61 Å². The third-order valence-corrected chi connectivity index (χ3v) is 7.83. The molecule has 30 heavy (non-hydrogen) atoms. The zero-order chi connectivity index (χ0) is 20.1. The minimum atomic E-state index is 0.0725. The fraction of sp³-hybridized carbons (Fsp3) is 0.571. The summed E-state index contributed by atoms with van der Waals surface area (Å²) < 4.78 is 1.97. The predicted molar refractivity (Wildman–Crippen MR) is 117 cm³/mol. The zero-order valence-electron chi connectivity index (χ0n) is 17.0. The molecule has 158 valence electrons. The number of fused-ring (bicyclic) bond motifs is 2. The fourth-order valence-corrected chi connectivity index (χ4v) is 6.21. The molecule has 2 N–H and O–H groups in total.